The summed E-state index contributed by atoms with van der Waals surface area (Å²) in [4.78, 5) is 12.9. The van der Waals surface area contributed by atoms with Crippen LogP contribution in [0.25, 0.3) is 5.57 Å². The van der Waals surface area contributed by atoms with Gasteiger partial charge in [-0.2, -0.15) is 0 Å². The molecule has 1 N–H and O–H groups in total. The minimum Gasteiger partial charge on any atom is -0.478 e. The molecule has 0 saturated heterocycles. The average molecular weight is 219 g/mol. The van der Waals surface area contributed by atoms with Gasteiger partial charge in [0.1, 0.15) is 0 Å². The van der Waals surface area contributed by atoms with Gasteiger partial charge in [0, 0.05) is 18.8 Å². The highest BCUT2D eigenvalue weighted by Gasteiger charge is 2.07. The van der Waals surface area contributed by atoms with E-state index in [1.165, 1.54) is 0 Å². The Morgan fingerprint density at radius 3 is 2.12 bits per heavy atom. The molecule has 0 bridgehead atoms. The first-order valence-electron chi connectivity index (χ1n) is 5.37. The molecule has 0 atom stereocenters. The van der Waals surface area contributed by atoms with Crippen molar-refractivity contribution in [2.75, 3.05) is 18.0 Å². The quantitative estimate of drug-likeness (QED) is 0.774. The van der Waals surface area contributed by atoms with Crippen LogP contribution in [0.1, 0.15) is 19.4 Å². The van der Waals surface area contributed by atoms with Crippen molar-refractivity contribution < 1.29 is 9.90 Å². The molecule has 1 aromatic rings. The van der Waals surface area contributed by atoms with E-state index in [0.717, 1.165) is 18.8 Å². The number of nitrogens with zero attached hydrogens (tertiary/aromatic N) is 1. The molecule has 86 valence electrons. The van der Waals surface area contributed by atoms with Crippen LogP contribution in [0.2, 0.25) is 0 Å². The van der Waals surface area contributed by atoms with E-state index in [1.807, 2.05) is 12.1 Å². The van der Waals surface area contributed by atoms with Crippen molar-refractivity contribution in [1.82, 2.24) is 0 Å². The number of carbonyl (C=O) groups is 1. The van der Waals surface area contributed by atoms with Gasteiger partial charge in [-0.1, -0.05) is 18.7 Å². The Kier molecular flexibility index (Phi) is 4.11. The molecule has 3 nitrogen and oxygen atoms in total. The third-order valence-corrected chi connectivity index (χ3v) is 2.60. The van der Waals surface area contributed by atoms with Crippen LogP contribution in [0.3, 0.4) is 0 Å². The first-order chi connectivity index (χ1) is 7.60. The van der Waals surface area contributed by atoms with Crippen LogP contribution in [-0.4, -0.2) is 24.2 Å². The Morgan fingerprint density at radius 2 is 1.75 bits per heavy atom. The van der Waals surface area contributed by atoms with Crippen molar-refractivity contribution in [3.63, 3.8) is 0 Å². The summed E-state index contributed by atoms with van der Waals surface area (Å²) in [5, 5.41) is 8.80. The molecule has 0 aromatic heterocycles. The van der Waals surface area contributed by atoms with Gasteiger partial charge in [-0.15, -0.1) is 0 Å². The number of anilines is 1. The lowest BCUT2D eigenvalue weighted by atomic mass is 10.1. The molecular weight excluding hydrogens is 202 g/mol. The predicted octanol–water partition coefficient (Wildman–Crippen LogP) is 2.63. The van der Waals surface area contributed by atoms with Gasteiger partial charge in [0.2, 0.25) is 0 Å². The third kappa shape index (κ3) is 2.63. The van der Waals surface area contributed by atoms with Crippen molar-refractivity contribution in [3.05, 3.63) is 36.4 Å². The molecule has 0 radical (unpaired) electrons. The molecule has 0 heterocycles. The normalized spacial score (nSPS) is 9.88. The number of benzene rings is 1. The molecule has 0 aliphatic rings. The lowest BCUT2D eigenvalue weighted by Crippen LogP contribution is -2.21. The first kappa shape index (κ1) is 12.3. The highest BCUT2D eigenvalue weighted by molar-refractivity contribution is 6.14. The van der Waals surface area contributed by atoms with Gasteiger partial charge in [-0.3, -0.25) is 0 Å². The summed E-state index contributed by atoms with van der Waals surface area (Å²) >= 11 is 0. The van der Waals surface area contributed by atoms with E-state index in [9.17, 15) is 4.79 Å². The molecule has 16 heavy (non-hydrogen) atoms. The predicted molar refractivity (Wildman–Crippen MR) is 66.7 cm³/mol. The monoisotopic (exact) mass is 219 g/mol. The largest absolute Gasteiger partial charge is 0.478 e. The van der Waals surface area contributed by atoms with Crippen LogP contribution in [0.5, 0.6) is 0 Å². The first-order valence-corrected chi connectivity index (χ1v) is 5.37. The topological polar surface area (TPSA) is 40.5 Å². The Labute approximate surface area is 96.0 Å². The van der Waals surface area contributed by atoms with Crippen LogP contribution in [0.4, 0.5) is 5.69 Å². The number of carboxylic acids is 1. The van der Waals surface area contributed by atoms with E-state index in [-0.39, 0.29) is 5.57 Å². The van der Waals surface area contributed by atoms with Crippen LogP contribution < -0.4 is 4.90 Å². The van der Waals surface area contributed by atoms with E-state index in [1.54, 1.807) is 12.1 Å². The number of aliphatic carboxylic acids is 1. The molecular formula is C13H17NO2. The molecule has 0 saturated carbocycles. The Bertz CT molecular complexity index is 377. The van der Waals surface area contributed by atoms with Gasteiger partial charge in [-0.25, -0.2) is 4.79 Å². The van der Waals surface area contributed by atoms with Crippen molar-refractivity contribution in [2.24, 2.45) is 0 Å². The summed E-state index contributed by atoms with van der Waals surface area (Å²) in [7, 11) is 0. The molecule has 1 aromatic carbocycles. The highest BCUT2D eigenvalue weighted by Crippen LogP contribution is 2.19. The van der Waals surface area contributed by atoms with Crippen LogP contribution in [-0.2, 0) is 4.79 Å². The van der Waals surface area contributed by atoms with Crippen molar-refractivity contribution in [1.29, 1.82) is 0 Å². The molecule has 0 fully saturated rings. The maximum Gasteiger partial charge on any atom is 0.335 e. The molecule has 0 unspecified atom stereocenters. The molecule has 3 heteroatoms. The SMILES string of the molecule is C=C(C(=O)O)c1ccc(N(CC)CC)cc1. The second-order valence-electron chi connectivity index (χ2n) is 3.50. The zero-order chi connectivity index (χ0) is 12.1. The minimum absolute atomic E-state index is 0.131. The van der Waals surface area contributed by atoms with Gasteiger partial charge in [0.05, 0.1) is 5.57 Å². The molecule has 1 rings (SSSR count). The third-order valence-electron chi connectivity index (χ3n) is 2.60. The van der Waals surface area contributed by atoms with E-state index in [0.29, 0.717) is 5.56 Å². The molecule has 0 aliphatic heterocycles. The molecule has 0 amide bonds. The second-order valence-corrected chi connectivity index (χ2v) is 3.50. The maximum atomic E-state index is 10.7. The van der Waals surface area contributed by atoms with Gasteiger partial charge >= 0.3 is 5.97 Å². The second kappa shape index (κ2) is 5.35. The van der Waals surface area contributed by atoms with E-state index >= 15 is 0 Å². The Morgan fingerprint density at radius 1 is 1.25 bits per heavy atom. The standard InChI is InChI=1S/C13H17NO2/c1-4-14(5-2)12-8-6-11(7-9-12)10(3)13(15)16/h6-9H,3-5H2,1-2H3,(H,15,16). The molecule has 0 spiro atoms. The van der Waals surface area contributed by atoms with Crippen LogP contribution >= 0.6 is 0 Å². The summed E-state index contributed by atoms with van der Waals surface area (Å²) in [5.41, 5.74) is 1.89. The fourth-order valence-corrected chi connectivity index (χ4v) is 1.59. The van der Waals surface area contributed by atoms with E-state index < -0.39 is 5.97 Å². The van der Waals surface area contributed by atoms with Crippen LogP contribution in [0, 0.1) is 0 Å². The highest BCUT2D eigenvalue weighted by atomic mass is 16.4. The average Bonchev–Trinajstić information content (AvgIpc) is 2.30. The van der Waals surface area contributed by atoms with Crippen molar-refractivity contribution in [2.45, 2.75) is 13.8 Å². The van der Waals surface area contributed by atoms with E-state index in [4.69, 9.17) is 5.11 Å². The number of carboxylic acid groups (broad SMARTS) is 1. The lowest BCUT2D eigenvalue weighted by molar-refractivity contribution is -0.130. The summed E-state index contributed by atoms with van der Waals surface area (Å²) in [5.74, 6) is -0.976. The zero-order valence-electron chi connectivity index (χ0n) is 9.73. The number of rotatable bonds is 5. The van der Waals surface area contributed by atoms with Gasteiger partial charge in [0.15, 0.2) is 0 Å². The summed E-state index contributed by atoms with van der Waals surface area (Å²) < 4.78 is 0. The smallest absolute Gasteiger partial charge is 0.335 e. The van der Waals surface area contributed by atoms with Crippen LogP contribution in [0.15, 0.2) is 30.8 Å². The fraction of sp³-hybridized carbons (Fsp3) is 0.308. The van der Waals surface area contributed by atoms with Gasteiger partial charge in [0.25, 0.3) is 0 Å². The van der Waals surface area contributed by atoms with Crippen molar-refractivity contribution >= 4 is 17.2 Å². The fourth-order valence-electron chi connectivity index (χ4n) is 1.59. The Hall–Kier alpha value is -1.77. The summed E-state index contributed by atoms with van der Waals surface area (Å²) in [6.45, 7) is 9.59. The summed E-state index contributed by atoms with van der Waals surface area (Å²) in [6, 6.07) is 7.45. The zero-order valence-corrected chi connectivity index (χ0v) is 9.73. The Balaban J connectivity index is 2.90. The maximum absolute atomic E-state index is 10.7. The van der Waals surface area contributed by atoms with E-state index in [2.05, 4.69) is 25.3 Å². The molecule has 0 aliphatic carbocycles. The number of hydrogen-bond acceptors (Lipinski definition) is 2. The summed E-state index contributed by atoms with van der Waals surface area (Å²) in [6.07, 6.45) is 0. The van der Waals surface area contributed by atoms with Gasteiger partial charge < -0.3 is 10.0 Å². The van der Waals surface area contributed by atoms with Crippen molar-refractivity contribution in [3.8, 4) is 0 Å². The lowest BCUT2D eigenvalue weighted by Gasteiger charge is -2.21. The van der Waals surface area contributed by atoms with Gasteiger partial charge in [-0.05, 0) is 31.5 Å². The number of hydrogen-bond donors (Lipinski definition) is 1. The minimum atomic E-state index is -0.976.